The molecule has 0 spiro atoms. The SMILES string of the molecule is CCc1cccc(CO/N=[C]\c2ccc(F)cc2)c1. The van der Waals surface area contributed by atoms with E-state index in [1.54, 1.807) is 12.1 Å². The van der Waals surface area contributed by atoms with Gasteiger partial charge in [-0.2, -0.15) is 0 Å². The van der Waals surface area contributed by atoms with Crippen LogP contribution in [0.5, 0.6) is 0 Å². The second-order valence-electron chi connectivity index (χ2n) is 4.16. The predicted octanol–water partition coefficient (Wildman–Crippen LogP) is 3.82. The van der Waals surface area contributed by atoms with Gasteiger partial charge in [0, 0.05) is 5.56 Å². The minimum absolute atomic E-state index is 0.275. The summed E-state index contributed by atoms with van der Waals surface area (Å²) in [5, 5.41) is 3.75. The minimum atomic E-state index is -0.275. The summed E-state index contributed by atoms with van der Waals surface area (Å²) in [5.41, 5.74) is 3.03. The van der Waals surface area contributed by atoms with Gasteiger partial charge < -0.3 is 4.84 Å². The molecule has 2 rings (SSSR count). The molecule has 97 valence electrons. The Labute approximate surface area is 112 Å². The van der Waals surface area contributed by atoms with Crippen LogP contribution in [-0.2, 0) is 17.9 Å². The summed E-state index contributed by atoms with van der Waals surface area (Å²) in [5.74, 6) is -0.275. The molecule has 3 heteroatoms. The fourth-order valence-electron chi connectivity index (χ4n) is 1.66. The summed E-state index contributed by atoms with van der Waals surface area (Å²) in [6.45, 7) is 2.52. The standard InChI is InChI=1S/C16H15FNO/c1-2-13-4-3-5-15(10-13)12-19-18-11-14-6-8-16(17)9-7-14/h3-10H,2,12H2,1H3. The third-order valence-corrected chi connectivity index (χ3v) is 2.71. The van der Waals surface area contributed by atoms with Gasteiger partial charge in [-0.25, -0.2) is 4.39 Å². The summed E-state index contributed by atoms with van der Waals surface area (Å²) in [4.78, 5) is 5.17. The van der Waals surface area contributed by atoms with Gasteiger partial charge in [-0.3, -0.25) is 0 Å². The monoisotopic (exact) mass is 256 g/mol. The maximum Gasteiger partial charge on any atom is 0.142 e. The molecule has 2 aromatic carbocycles. The van der Waals surface area contributed by atoms with E-state index in [2.05, 4.69) is 30.4 Å². The van der Waals surface area contributed by atoms with Crippen molar-refractivity contribution in [3.63, 3.8) is 0 Å². The van der Waals surface area contributed by atoms with Crippen molar-refractivity contribution < 1.29 is 9.23 Å². The maximum atomic E-state index is 12.7. The fraction of sp³-hybridized carbons (Fsp3) is 0.188. The van der Waals surface area contributed by atoms with Crippen molar-refractivity contribution in [3.8, 4) is 0 Å². The molecule has 0 N–H and O–H groups in total. The average Bonchev–Trinajstić information content (AvgIpc) is 2.46. The highest BCUT2D eigenvalue weighted by molar-refractivity contribution is 5.78. The molecule has 0 saturated heterocycles. The van der Waals surface area contributed by atoms with Crippen LogP contribution in [-0.4, -0.2) is 6.21 Å². The Morgan fingerprint density at radius 1 is 1.11 bits per heavy atom. The maximum absolute atomic E-state index is 12.7. The number of hydrogen-bond donors (Lipinski definition) is 0. The first-order chi connectivity index (χ1) is 9.28. The number of aryl methyl sites for hydroxylation is 1. The van der Waals surface area contributed by atoms with Crippen LogP contribution >= 0.6 is 0 Å². The average molecular weight is 256 g/mol. The molecule has 0 unspecified atom stereocenters. The molecule has 0 aliphatic carbocycles. The second-order valence-corrected chi connectivity index (χ2v) is 4.16. The van der Waals surface area contributed by atoms with Gasteiger partial charge in [0.05, 0.1) is 0 Å². The van der Waals surface area contributed by atoms with E-state index >= 15 is 0 Å². The van der Waals surface area contributed by atoms with Gasteiger partial charge in [-0.1, -0.05) is 36.3 Å². The fourth-order valence-corrected chi connectivity index (χ4v) is 1.66. The van der Waals surface area contributed by atoms with Crippen molar-refractivity contribution in [1.82, 2.24) is 0 Å². The summed E-state index contributed by atoms with van der Waals surface area (Å²) in [7, 11) is 0. The quantitative estimate of drug-likeness (QED) is 0.588. The van der Waals surface area contributed by atoms with Crippen molar-refractivity contribution in [2.24, 2.45) is 5.16 Å². The minimum Gasteiger partial charge on any atom is -0.390 e. The van der Waals surface area contributed by atoms with E-state index in [1.165, 1.54) is 17.7 Å². The smallest absolute Gasteiger partial charge is 0.142 e. The lowest BCUT2D eigenvalue weighted by atomic mass is 10.1. The van der Waals surface area contributed by atoms with E-state index in [1.807, 2.05) is 12.1 Å². The van der Waals surface area contributed by atoms with Crippen LogP contribution in [0, 0.1) is 5.82 Å². The molecular formula is C16H15FNO. The van der Waals surface area contributed by atoms with Crippen molar-refractivity contribution in [2.45, 2.75) is 20.0 Å². The Balaban J connectivity index is 1.87. The molecule has 0 aliphatic rings. The first kappa shape index (κ1) is 13.3. The van der Waals surface area contributed by atoms with Crippen LogP contribution in [0.1, 0.15) is 23.6 Å². The Morgan fingerprint density at radius 3 is 2.58 bits per heavy atom. The van der Waals surface area contributed by atoms with E-state index in [-0.39, 0.29) is 5.82 Å². The lowest BCUT2D eigenvalue weighted by Crippen LogP contribution is -1.90. The summed E-state index contributed by atoms with van der Waals surface area (Å²) in [6.07, 6.45) is 3.71. The van der Waals surface area contributed by atoms with Crippen LogP contribution in [0.3, 0.4) is 0 Å². The first-order valence-electron chi connectivity index (χ1n) is 6.19. The number of benzene rings is 2. The molecule has 0 fully saturated rings. The second kappa shape index (κ2) is 6.69. The topological polar surface area (TPSA) is 21.6 Å². The van der Waals surface area contributed by atoms with Crippen LogP contribution in [0.15, 0.2) is 53.7 Å². The third kappa shape index (κ3) is 4.21. The highest BCUT2D eigenvalue weighted by atomic mass is 19.1. The van der Waals surface area contributed by atoms with Crippen LogP contribution in [0.2, 0.25) is 0 Å². The van der Waals surface area contributed by atoms with Crippen LogP contribution < -0.4 is 0 Å². The molecule has 2 nitrogen and oxygen atoms in total. The Morgan fingerprint density at radius 2 is 1.84 bits per heavy atom. The lowest BCUT2D eigenvalue weighted by molar-refractivity contribution is 0.132. The van der Waals surface area contributed by atoms with Crippen LogP contribution in [0.25, 0.3) is 0 Å². The Kier molecular flexibility index (Phi) is 4.67. The largest absolute Gasteiger partial charge is 0.390 e. The molecule has 0 bridgehead atoms. The molecule has 0 amide bonds. The summed E-state index contributed by atoms with van der Waals surface area (Å²) >= 11 is 0. The Hall–Kier alpha value is -2.16. The number of nitrogens with zero attached hydrogens (tertiary/aromatic N) is 1. The highest BCUT2D eigenvalue weighted by Gasteiger charge is 1.95. The molecule has 1 radical (unpaired) electrons. The van der Waals surface area contributed by atoms with Gasteiger partial charge in [0.25, 0.3) is 0 Å². The summed E-state index contributed by atoms with van der Waals surface area (Å²) in [6, 6.07) is 14.1. The van der Waals surface area contributed by atoms with E-state index in [0.717, 1.165) is 12.0 Å². The first-order valence-corrected chi connectivity index (χ1v) is 6.19. The van der Waals surface area contributed by atoms with Gasteiger partial charge in [0.15, 0.2) is 0 Å². The zero-order valence-corrected chi connectivity index (χ0v) is 10.8. The molecule has 0 saturated carbocycles. The third-order valence-electron chi connectivity index (χ3n) is 2.71. The molecule has 0 aromatic heterocycles. The zero-order valence-electron chi connectivity index (χ0n) is 10.8. The van der Waals surface area contributed by atoms with Gasteiger partial charge >= 0.3 is 0 Å². The molecule has 0 aliphatic heterocycles. The molecule has 0 atom stereocenters. The highest BCUT2D eigenvalue weighted by Crippen LogP contribution is 2.07. The van der Waals surface area contributed by atoms with E-state index in [4.69, 9.17) is 4.84 Å². The number of halogens is 1. The van der Waals surface area contributed by atoms with Gasteiger partial charge in [-0.05, 0) is 41.8 Å². The molecule has 19 heavy (non-hydrogen) atoms. The van der Waals surface area contributed by atoms with E-state index < -0.39 is 0 Å². The molecular weight excluding hydrogens is 241 g/mol. The zero-order chi connectivity index (χ0) is 13.5. The molecule has 0 heterocycles. The van der Waals surface area contributed by atoms with E-state index in [0.29, 0.717) is 12.2 Å². The number of hydrogen-bond acceptors (Lipinski definition) is 2. The number of rotatable bonds is 5. The predicted molar refractivity (Wildman–Crippen MR) is 73.5 cm³/mol. The van der Waals surface area contributed by atoms with Crippen molar-refractivity contribution in [1.29, 1.82) is 0 Å². The van der Waals surface area contributed by atoms with Gasteiger partial charge in [0.1, 0.15) is 18.6 Å². The van der Waals surface area contributed by atoms with E-state index in [9.17, 15) is 4.39 Å². The van der Waals surface area contributed by atoms with Crippen molar-refractivity contribution in [2.75, 3.05) is 0 Å². The van der Waals surface area contributed by atoms with Gasteiger partial charge in [-0.15, -0.1) is 0 Å². The summed E-state index contributed by atoms with van der Waals surface area (Å²) < 4.78 is 12.7. The lowest BCUT2D eigenvalue weighted by Gasteiger charge is -2.02. The Bertz CT molecular complexity index is 549. The van der Waals surface area contributed by atoms with Crippen molar-refractivity contribution in [3.05, 3.63) is 71.0 Å². The molecule has 2 aromatic rings. The van der Waals surface area contributed by atoms with Crippen LogP contribution in [0.4, 0.5) is 4.39 Å². The van der Waals surface area contributed by atoms with Gasteiger partial charge in [0.2, 0.25) is 0 Å². The normalized spacial score (nSPS) is 10.8. The van der Waals surface area contributed by atoms with Crippen molar-refractivity contribution >= 4 is 6.21 Å².